The van der Waals surface area contributed by atoms with Crippen LogP contribution >= 0.6 is 11.6 Å². The summed E-state index contributed by atoms with van der Waals surface area (Å²) in [7, 11) is 0. The third kappa shape index (κ3) is 5.20. The minimum Gasteiger partial charge on any atom is -0.491 e. The van der Waals surface area contributed by atoms with E-state index in [1.807, 2.05) is 45.0 Å². The minimum absolute atomic E-state index is 0.0931. The zero-order valence-corrected chi connectivity index (χ0v) is 16.6. The van der Waals surface area contributed by atoms with Crippen molar-refractivity contribution in [2.24, 2.45) is 0 Å². The van der Waals surface area contributed by atoms with Gasteiger partial charge >= 0.3 is 0 Å². The molecule has 0 fully saturated rings. The molecule has 0 bridgehead atoms. The Bertz CT molecular complexity index is 974. The van der Waals surface area contributed by atoms with Crippen LogP contribution in [0.25, 0.3) is 0 Å². The molecule has 0 atom stereocenters. The van der Waals surface area contributed by atoms with Crippen LogP contribution in [-0.4, -0.2) is 22.0 Å². The molecule has 0 saturated carbocycles. The molecule has 0 spiro atoms. The highest BCUT2D eigenvalue weighted by atomic mass is 35.5. The van der Waals surface area contributed by atoms with Crippen LogP contribution in [0.5, 0.6) is 5.75 Å². The number of aromatic nitrogens is 2. The van der Waals surface area contributed by atoms with Crippen molar-refractivity contribution < 1.29 is 9.53 Å². The summed E-state index contributed by atoms with van der Waals surface area (Å²) in [6.45, 7) is 5.87. The first-order valence-electron chi connectivity index (χ1n) is 8.85. The van der Waals surface area contributed by atoms with Gasteiger partial charge in [-0.2, -0.15) is 0 Å². The van der Waals surface area contributed by atoms with Crippen molar-refractivity contribution >= 4 is 34.8 Å². The molecule has 7 heteroatoms. The Hall–Kier alpha value is -3.12. The average molecular weight is 397 g/mol. The fourth-order valence-electron chi connectivity index (χ4n) is 2.48. The van der Waals surface area contributed by atoms with Gasteiger partial charge in [0.1, 0.15) is 11.4 Å². The highest BCUT2D eigenvalue weighted by Crippen LogP contribution is 2.23. The number of rotatable bonds is 6. The summed E-state index contributed by atoms with van der Waals surface area (Å²) in [5.41, 5.74) is 2.68. The molecule has 0 saturated heterocycles. The van der Waals surface area contributed by atoms with E-state index in [0.717, 1.165) is 17.0 Å². The summed E-state index contributed by atoms with van der Waals surface area (Å²) in [5.74, 6) is 0.739. The highest BCUT2D eigenvalue weighted by Gasteiger charge is 2.10. The Balaban J connectivity index is 1.70. The van der Waals surface area contributed by atoms with Crippen LogP contribution in [0.2, 0.25) is 5.02 Å². The van der Waals surface area contributed by atoms with E-state index in [-0.39, 0.29) is 17.7 Å². The molecular formula is C21H21ClN4O2. The van der Waals surface area contributed by atoms with E-state index in [9.17, 15) is 4.79 Å². The summed E-state index contributed by atoms with van der Waals surface area (Å²) < 4.78 is 5.60. The lowest BCUT2D eigenvalue weighted by Gasteiger charge is -2.11. The number of benzene rings is 2. The Morgan fingerprint density at radius 2 is 1.86 bits per heavy atom. The molecule has 0 aliphatic carbocycles. The van der Waals surface area contributed by atoms with Crippen molar-refractivity contribution in [3.05, 3.63) is 71.0 Å². The molecular weight excluding hydrogens is 376 g/mol. The lowest BCUT2D eigenvalue weighted by molar-refractivity contribution is 0.102. The van der Waals surface area contributed by atoms with Gasteiger partial charge in [-0.1, -0.05) is 17.7 Å². The first-order chi connectivity index (χ1) is 13.4. The molecule has 2 N–H and O–H groups in total. The number of carbonyl (C=O) groups excluding carboxylic acids is 1. The second-order valence-electron chi connectivity index (χ2n) is 6.49. The quantitative estimate of drug-likeness (QED) is 0.597. The van der Waals surface area contributed by atoms with Gasteiger partial charge in [0, 0.05) is 22.6 Å². The Morgan fingerprint density at radius 1 is 1.11 bits per heavy atom. The number of halogens is 1. The average Bonchev–Trinajstić information content (AvgIpc) is 2.66. The topological polar surface area (TPSA) is 76.1 Å². The standard InChI is InChI=1S/C21H21ClN4O2/c1-13(2)28-17-8-6-16(7-9-17)24-20(27)18-10-11-23-21(25-18)26-19-12-15(22)5-4-14(19)3/h4-13H,1-3H3,(H,24,27)(H,23,25,26). The zero-order valence-electron chi connectivity index (χ0n) is 15.9. The maximum Gasteiger partial charge on any atom is 0.274 e. The van der Waals surface area contributed by atoms with Crippen LogP contribution in [0, 0.1) is 6.92 Å². The van der Waals surface area contributed by atoms with Crippen LogP contribution in [-0.2, 0) is 0 Å². The Morgan fingerprint density at radius 3 is 2.57 bits per heavy atom. The third-order valence-electron chi connectivity index (χ3n) is 3.82. The molecule has 2 aromatic carbocycles. The van der Waals surface area contributed by atoms with Gasteiger partial charge in [-0.15, -0.1) is 0 Å². The van der Waals surface area contributed by atoms with Gasteiger partial charge in [-0.25, -0.2) is 9.97 Å². The molecule has 0 radical (unpaired) electrons. The van der Waals surface area contributed by atoms with Crippen molar-refractivity contribution in [3.8, 4) is 5.75 Å². The minimum atomic E-state index is -0.328. The predicted molar refractivity (Wildman–Crippen MR) is 112 cm³/mol. The molecule has 3 rings (SSSR count). The first-order valence-corrected chi connectivity index (χ1v) is 9.23. The lowest BCUT2D eigenvalue weighted by atomic mass is 10.2. The monoisotopic (exact) mass is 396 g/mol. The Kier molecular flexibility index (Phi) is 6.11. The van der Waals surface area contributed by atoms with Crippen molar-refractivity contribution in [1.82, 2.24) is 9.97 Å². The predicted octanol–water partition coefficient (Wildman–Crippen LogP) is 5.22. The first kappa shape index (κ1) is 19.6. The van der Waals surface area contributed by atoms with Crippen LogP contribution < -0.4 is 15.4 Å². The molecule has 6 nitrogen and oxygen atoms in total. The van der Waals surface area contributed by atoms with Crippen LogP contribution in [0.1, 0.15) is 29.9 Å². The molecule has 28 heavy (non-hydrogen) atoms. The van der Waals surface area contributed by atoms with Gasteiger partial charge in [-0.3, -0.25) is 4.79 Å². The summed E-state index contributed by atoms with van der Waals surface area (Å²) >= 11 is 6.04. The van der Waals surface area contributed by atoms with Crippen LogP contribution in [0.4, 0.5) is 17.3 Å². The van der Waals surface area contributed by atoms with Gasteiger partial charge in [-0.05, 0) is 68.8 Å². The molecule has 144 valence electrons. The van der Waals surface area contributed by atoms with E-state index in [4.69, 9.17) is 16.3 Å². The number of hydrogen-bond donors (Lipinski definition) is 2. The fourth-order valence-corrected chi connectivity index (χ4v) is 2.65. The molecule has 3 aromatic rings. The van der Waals surface area contributed by atoms with E-state index in [1.165, 1.54) is 6.20 Å². The fraction of sp³-hybridized carbons (Fsp3) is 0.190. The van der Waals surface area contributed by atoms with Gasteiger partial charge < -0.3 is 15.4 Å². The second-order valence-corrected chi connectivity index (χ2v) is 6.93. The van der Waals surface area contributed by atoms with Crippen molar-refractivity contribution in [2.75, 3.05) is 10.6 Å². The summed E-state index contributed by atoms with van der Waals surface area (Å²) in [6.07, 6.45) is 1.62. The number of anilines is 3. The van der Waals surface area contributed by atoms with Crippen molar-refractivity contribution in [2.45, 2.75) is 26.9 Å². The molecule has 1 aromatic heterocycles. The molecule has 0 aliphatic rings. The number of nitrogens with one attached hydrogen (secondary N) is 2. The van der Waals surface area contributed by atoms with E-state index in [0.29, 0.717) is 16.7 Å². The molecule has 1 heterocycles. The second kappa shape index (κ2) is 8.71. The van der Waals surface area contributed by atoms with Gasteiger partial charge in [0.2, 0.25) is 5.95 Å². The summed E-state index contributed by atoms with van der Waals surface area (Å²) in [4.78, 5) is 21.0. The molecule has 0 unspecified atom stereocenters. The number of aryl methyl sites for hydroxylation is 1. The van der Waals surface area contributed by atoms with E-state index >= 15 is 0 Å². The van der Waals surface area contributed by atoms with E-state index in [2.05, 4.69) is 20.6 Å². The SMILES string of the molecule is Cc1ccc(Cl)cc1Nc1nccc(C(=O)Nc2ccc(OC(C)C)cc2)n1. The van der Waals surface area contributed by atoms with Gasteiger partial charge in [0.05, 0.1) is 6.10 Å². The van der Waals surface area contributed by atoms with Crippen LogP contribution in [0.15, 0.2) is 54.7 Å². The molecule has 1 amide bonds. The largest absolute Gasteiger partial charge is 0.491 e. The zero-order chi connectivity index (χ0) is 20.1. The van der Waals surface area contributed by atoms with Crippen molar-refractivity contribution in [3.63, 3.8) is 0 Å². The number of hydrogen-bond acceptors (Lipinski definition) is 5. The van der Waals surface area contributed by atoms with Gasteiger partial charge in [0.15, 0.2) is 0 Å². The normalized spacial score (nSPS) is 10.6. The van der Waals surface area contributed by atoms with E-state index < -0.39 is 0 Å². The summed E-state index contributed by atoms with van der Waals surface area (Å²) in [5, 5.41) is 6.51. The Labute approximate surface area is 168 Å². The van der Waals surface area contributed by atoms with Crippen molar-refractivity contribution in [1.29, 1.82) is 0 Å². The smallest absolute Gasteiger partial charge is 0.274 e. The maximum atomic E-state index is 12.5. The highest BCUT2D eigenvalue weighted by molar-refractivity contribution is 6.30. The number of ether oxygens (including phenoxy) is 1. The number of carbonyl (C=O) groups is 1. The summed E-state index contributed by atoms with van der Waals surface area (Å²) in [6, 6.07) is 14.2. The molecule has 0 aliphatic heterocycles. The number of amides is 1. The van der Waals surface area contributed by atoms with Gasteiger partial charge in [0.25, 0.3) is 5.91 Å². The van der Waals surface area contributed by atoms with Crippen LogP contribution in [0.3, 0.4) is 0 Å². The number of nitrogens with zero attached hydrogens (tertiary/aromatic N) is 2. The lowest BCUT2D eigenvalue weighted by Crippen LogP contribution is -2.15. The maximum absolute atomic E-state index is 12.5. The third-order valence-corrected chi connectivity index (χ3v) is 4.05. The van der Waals surface area contributed by atoms with E-state index in [1.54, 1.807) is 24.3 Å².